The van der Waals surface area contributed by atoms with Crippen molar-refractivity contribution >= 4 is 42.3 Å². The van der Waals surface area contributed by atoms with E-state index in [1.54, 1.807) is 13.8 Å². The first-order valence-electron chi connectivity index (χ1n) is 10.6. The fourth-order valence-corrected chi connectivity index (χ4v) is 5.10. The molecule has 0 aliphatic heterocycles. The van der Waals surface area contributed by atoms with Crippen molar-refractivity contribution in [2.75, 3.05) is 5.73 Å². The van der Waals surface area contributed by atoms with E-state index in [9.17, 15) is 24.6 Å². The lowest BCUT2D eigenvalue weighted by Crippen LogP contribution is -2.27. The number of carbonyl (C=O) groups excluding carboxylic acids is 1. The van der Waals surface area contributed by atoms with Crippen molar-refractivity contribution in [1.29, 1.82) is 0 Å². The molecule has 0 saturated carbocycles. The van der Waals surface area contributed by atoms with Crippen molar-refractivity contribution in [1.82, 2.24) is 4.98 Å². The van der Waals surface area contributed by atoms with Crippen molar-refractivity contribution < 1.29 is 29.4 Å². The van der Waals surface area contributed by atoms with Gasteiger partial charge in [-0.1, -0.05) is 19.9 Å². The fraction of sp³-hybridized carbons (Fsp3) is 0.524. The summed E-state index contributed by atoms with van der Waals surface area (Å²) >= 11 is 1.16. The summed E-state index contributed by atoms with van der Waals surface area (Å²) in [5.41, 5.74) is 10.5. The highest BCUT2D eigenvalue weighted by atomic mass is 32.2. The highest BCUT2D eigenvalue weighted by molar-refractivity contribution is 7.85. The van der Waals surface area contributed by atoms with Crippen LogP contribution in [-0.2, 0) is 45.5 Å². The molecule has 34 heavy (non-hydrogen) atoms. The van der Waals surface area contributed by atoms with Crippen LogP contribution in [0.2, 0.25) is 0 Å². The summed E-state index contributed by atoms with van der Waals surface area (Å²) in [5, 5.41) is 45.0. The molecule has 10 N–H and O–H groups in total. The van der Waals surface area contributed by atoms with Gasteiger partial charge in [-0.15, -0.1) is 11.3 Å². The number of hydrogen-bond acceptors (Lipinski definition) is 9. The Morgan fingerprint density at radius 1 is 1.18 bits per heavy atom. The summed E-state index contributed by atoms with van der Waals surface area (Å²) in [4.78, 5) is 12.5. The van der Waals surface area contributed by atoms with Gasteiger partial charge in [0.15, 0.2) is 5.79 Å². The van der Waals surface area contributed by atoms with E-state index in [1.165, 1.54) is 6.20 Å². The molecule has 10 nitrogen and oxygen atoms in total. The van der Waals surface area contributed by atoms with Gasteiger partial charge >= 0.3 is 0 Å². The van der Waals surface area contributed by atoms with Gasteiger partial charge in [0.05, 0.1) is 11.7 Å². The second kappa shape index (κ2) is 11.7. The average molecular weight is 512 g/mol. The summed E-state index contributed by atoms with van der Waals surface area (Å²) < 4.78 is 11.2. The van der Waals surface area contributed by atoms with Gasteiger partial charge in [0, 0.05) is 23.2 Å². The Hall–Kier alpha value is -1.87. The molecule has 0 saturated heterocycles. The van der Waals surface area contributed by atoms with E-state index in [2.05, 4.69) is 10.7 Å². The summed E-state index contributed by atoms with van der Waals surface area (Å²) in [6.45, 7) is 7.24. The number of nitrogens with zero attached hydrogens (tertiary/aromatic N) is 1. The third-order valence-electron chi connectivity index (χ3n) is 5.09. The monoisotopic (exact) mass is 512 g/mol. The van der Waals surface area contributed by atoms with Crippen molar-refractivity contribution in [3.05, 3.63) is 39.5 Å². The number of aromatic nitrogens is 1. The number of aryl methyl sites for hydroxylation is 2. The van der Waals surface area contributed by atoms with E-state index in [0.717, 1.165) is 22.5 Å². The van der Waals surface area contributed by atoms with E-state index < -0.39 is 27.9 Å². The predicted octanol–water partition coefficient (Wildman–Crippen LogP) is 0.0917. The van der Waals surface area contributed by atoms with Crippen LogP contribution in [0.5, 0.6) is 0 Å². The fourth-order valence-electron chi connectivity index (χ4n) is 3.72. The second-order valence-electron chi connectivity index (χ2n) is 8.08. The Morgan fingerprint density at radius 3 is 2.12 bits per heavy atom. The molecule has 0 fully saturated rings. The topological polar surface area (TPSA) is 206 Å². The molecule has 2 aliphatic rings. The Morgan fingerprint density at radius 2 is 1.68 bits per heavy atom. The van der Waals surface area contributed by atoms with Crippen LogP contribution < -0.4 is 16.6 Å². The zero-order valence-electron chi connectivity index (χ0n) is 19.7. The molecule has 2 aliphatic carbocycles. The number of aliphatic hydroxyl groups is 4. The van der Waals surface area contributed by atoms with Crippen LogP contribution in [0.3, 0.4) is 0 Å². The number of fused-ring (bicyclic) bond motifs is 2. The minimum Gasteiger partial charge on any atom is -0.398 e. The number of rotatable bonds is 2. The molecule has 2 radical (unpaired) electrons. The normalized spacial score (nSPS) is 20.3. The van der Waals surface area contributed by atoms with E-state index in [0.29, 0.717) is 39.6 Å². The van der Waals surface area contributed by atoms with Gasteiger partial charge in [0.25, 0.3) is 0 Å². The number of amides is 1. The Balaban J connectivity index is 0.000000299. The van der Waals surface area contributed by atoms with E-state index in [4.69, 9.17) is 23.5 Å². The maximum Gasteiger partial charge on any atom is 0.204 e. The molecule has 0 spiro atoms. The molecule has 1 heterocycles. The number of anilines is 1. The third kappa shape index (κ3) is 6.84. The molecule has 2 aromatic rings. The molecule has 1 aromatic heterocycles. The number of primary amides is 1. The lowest BCUT2D eigenvalue weighted by molar-refractivity contribution is -0.165. The van der Waals surface area contributed by atoms with Crippen LogP contribution >= 0.6 is 11.3 Å². The lowest BCUT2D eigenvalue weighted by Gasteiger charge is -2.25. The summed E-state index contributed by atoms with van der Waals surface area (Å²) in [7, 11) is 4.29. The van der Waals surface area contributed by atoms with Gasteiger partial charge in [-0.3, -0.25) is 4.79 Å². The molecule has 0 bridgehead atoms. The maximum absolute atomic E-state index is 10.8. The summed E-state index contributed by atoms with van der Waals surface area (Å²) in [5.74, 6) is -1.90. The van der Waals surface area contributed by atoms with Crippen LogP contribution in [-0.4, -0.2) is 43.9 Å². The minimum absolute atomic E-state index is 0.235. The van der Waals surface area contributed by atoms with Gasteiger partial charge in [-0.25, -0.2) is 14.3 Å². The molecule has 2 unspecified atom stereocenters. The van der Waals surface area contributed by atoms with Crippen LogP contribution in [0, 0.1) is 0 Å². The maximum atomic E-state index is 10.8. The molecule has 13 heteroatoms. The SMILES string of the molecule is CC.CC(C)(O)c1ncc(S(N)=O)s1.NC=O.[B]C1(O)CCc2cc3c(c(N)c21)C(O)(O)CC3. The van der Waals surface area contributed by atoms with Crippen molar-refractivity contribution in [3.8, 4) is 0 Å². The van der Waals surface area contributed by atoms with Crippen LogP contribution in [0.4, 0.5) is 5.69 Å². The zero-order chi connectivity index (χ0) is 26.5. The summed E-state index contributed by atoms with van der Waals surface area (Å²) in [6, 6.07) is 1.89. The lowest BCUT2D eigenvalue weighted by atomic mass is 9.75. The quantitative estimate of drug-likeness (QED) is 0.127. The number of benzene rings is 1. The van der Waals surface area contributed by atoms with Gasteiger partial charge < -0.3 is 31.9 Å². The van der Waals surface area contributed by atoms with Gasteiger partial charge in [-0.2, -0.15) is 0 Å². The van der Waals surface area contributed by atoms with Gasteiger partial charge in [-0.05, 0) is 44.2 Å². The first kappa shape index (κ1) is 30.2. The van der Waals surface area contributed by atoms with Crippen LogP contribution in [0.1, 0.15) is 67.8 Å². The number of hydrogen-bond donors (Lipinski definition) is 7. The first-order chi connectivity index (χ1) is 15.7. The highest BCUT2D eigenvalue weighted by Crippen LogP contribution is 2.47. The molecule has 1 aromatic carbocycles. The molecular weight excluding hydrogens is 479 g/mol. The number of carbonyl (C=O) groups is 1. The zero-order valence-corrected chi connectivity index (χ0v) is 21.4. The Kier molecular flexibility index (Phi) is 10.4. The molecule has 1 amide bonds. The van der Waals surface area contributed by atoms with Crippen LogP contribution in [0.25, 0.3) is 0 Å². The van der Waals surface area contributed by atoms with Crippen LogP contribution in [0.15, 0.2) is 16.5 Å². The number of nitrogens with two attached hydrogens (primary N) is 3. The Bertz CT molecular complexity index is 979. The highest BCUT2D eigenvalue weighted by Gasteiger charge is 2.42. The average Bonchev–Trinajstić information content (AvgIpc) is 3.41. The van der Waals surface area contributed by atoms with Crippen molar-refractivity contribution in [2.45, 2.75) is 74.5 Å². The molecular formula is C21H33BN4O6S2. The summed E-state index contributed by atoms with van der Waals surface area (Å²) in [6.07, 6.45) is 3.58. The second-order valence-corrected chi connectivity index (χ2v) is 10.4. The van der Waals surface area contributed by atoms with Crippen molar-refractivity contribution in [3.63, 3.8) is 0 Å². The van der Waals surface area contributed by atoms with E-state index in [1.807, 2.05) is 19.9 Å². The smallest absolute Gasteiger partial charge is 0.204 e. The van der Waals surface area contributed by atoms with Gasteiger partial charge in [0.1, 0.15) is 33.6 Å². The Labute approximate surface area is 207 Å². The number of nitrogen functional groups attached to an aromatic ring is 1. The first-order valence-corrected chi connectivity index (χ1v) is 12.6. The van der Waals surface area contributed by atoms with E-state index >= 15 is 0 Å². The molecule has 188 valence electrons. The molecule has 2 atom stereocenters. The number of thiazole rings is 1. The van der Waals surface area contributed by atoms with Crippen molar-refractivity contribution in [2.24, 2.45) is 10.9 Å². The standard InChI is InChI=1S/C12H14BNO3.C6H10N2O2S2.C2H6.CH3NO/c13-11(15)3-1-6-5-7-2-4-12(16,17)9(7)10(14)8(6)11;1-6(2,9)5-8-3-4(11-5)12(7)10;1-2;2-1-3/h5,15-17H,1-4,14H2;3,9H,7H2,1-2H3;1-2H3;1H,(H2,2,3). The van der Waals surface area contributed by atoms with E-state index in [-0.39, 0.29) is 18.5 Å². The predicted molar refractivity (Wildman–Crippen MR) is 133 cm³/mol. The molecule has 4 rings (SSSR count). The van der Waals surface area contributed by atoms with Gasteiger partial charge in [0.2, 0.25) is 6.41 Å². The minimum atomic E-state index is -1.90. The third-order valence-corrected chi connectivity index (χ3v) is 7.44. The largest absolute Gasteiger partial charge is 0.398 e.